The molecule has 0 saturated carbocycles. The molecule has 20 heavy (non-hydrogen) atoms. The lowest BCUT2D eigenvalue weighted by molar-refractivity contribution is 0.104. The van der Waals surface area contributed by atoms with Crippen LogP contribution in [0, 0.1) is 6.92 Å². The fraction of sp³-hybridized carbons (Fsp3) is 0.0588. The van der Waals surface area contributed by atoms with Crippen molar-refractivity contribution in [3.63, 3.8) is 0 Å². The van der Waals surface area contributed by atoms with E-state index in [1.54, 1.807) is 30.3 Å². The van der Waals surface area contributed by atoms with Gasteiger partial charge in [0.05, 0.1) is 5.69 Å². The molecule has 2 aromatic rings. The van der Waals surface area contributed by atoms with E-state index >= 15 is 0 Å². The monoisotopic (exact) mass is 263 g/mol. The van der Waals surface area contributed by atoms with Gasteiger partial charge in [0, 0.05) is 5.56 Å². The Morgan fingerprint density at radius 1 is 1.05 bits per heavy atom. The van der Waals surface area contributed by atoms with Crippen LogP contribution in [0.2, 0.25) is 0 Å². The molecule has 0 unspecified atom stereocenters. The number of aryl methyl sites for hydroxylation is 1. The van der Waals surface area contributed by atoms with E-state index in [1.165, 1.54) is 12.2 Å². The Morgan fingerprint density at radius 2 is 1.70 bits per heavy atom. The molecule has 0 fully saturated rings. The topological polar surface area (TPSA) is 46.5 Å². The highest BCUT2D eigenvalue weighted by molar-refractivity contribution is 6.06. The summed E-state index contributed by atoms with van der Waals surface area (Å²) >= 11 is 0. The number of ketones is 1. The van der Waals surface area contributed by atoms with Crippen molar-refractivity contribution in [3.8, 4) is 0 Å². The SMILES string of the molecule is Cc1ccc(C(=O)C=Cc2ccc(N=C=O)cc2)cc1. The first kappa shape index (κ1) is 13.7. The normalized spacial score (nSPS) is 10.2. The summed E-state index contributed by atoms with van der Waals surface area (Å²) in [6.07, 6.45) is 4.75. The van der Waals surface area contributed by atoms with Crippen LogP contribution in [0.4, 0.5) is 5.69 Å². The average Bonchev–Trinajstić information content (AvgIpc) is 2.47. The number of benzene rings is 2. The summed E-state index contributed by atoms with van der Waals surface area (Å²) in [4.78, 5) is 25.5. The number of aliphatic imine (C=N–C) groups is 1. The fourth-order valence-electron chi connectivity index (χ4n) is 1.70. The lowest BCUT2D eigenvalue weighted by Gasteiger charge is -1.97. The first-order valence-corrected chi connectivity index (χ1v) is 6.16. The highest BCUT2D eigenvalue weighted by Gasteiger charge is 2.00. The van der Waals surface area contributed by atoms with Crippen molar-refractivity contribution >= 4 is 23.6 Å². The van der Waals surface area contributed by atoms with Crippen LogP contribution >= 0.6 is 0 Å². The predicted octanol–water partition coefficient (Wildman–Crippen LogP) is 3.86. The maximum atomic E-state index is 11.9. The van der Waals surface area contributed by atoms with E-state index in [2.05, 4.69) is 4.99 Å². The zero-order valence-corrected chi connectivity index (χ0v) is 11.0. The van der Waals surface area contributed by atoms with Crippen LogP contribution in [0.1, 0.15) is 21.5 Å². The average molecular weight is 263 g/mol. The number of nitrogens with zero attached hydrogens (tertiary/aromatic N) is 1. The number of rotatable bonds is 4. The van der Waals surface area contributed by atoms with Gasteiger partial charge < -0.3 is 0 Å². The van der Waals surface area contributed by atoms with Crippen molar-refractivity contribution in [3.05, 3.63) is 71.3 Å². The standard InChI is InChI=1S/C17H13NO2/c1-13-2-7-15(8-3-13)17(20)11-6-14-4-9-16(10-5-14)18-12-19/h2-11H,1H3. The Labute approximate surface area is 117 Å². The first-order chi connectivity index (χ1) is 9.69. The number of allylic oxidation sites excluding steroid dienone is 1. The minimum atomic E-state index is -0.0417. The molecule has 98 valence electrons. The van der Waals surface area contributed by atoms with Gasteiger partial charge in [0.1, 0.15) is 0 Å². The Hall–Kier alpha value is -2.77. The molecule has 0 aromatic heterocycles. The van der Waals surface area contributed by atoms with Crippen molar-refractivity contribution in [1.82, 2.24) is 0 Å². The summed E-state index contributed by atoms with van der Waals surface area (Å²) in [6.45, 7) is 1.98. The molecule has 0 N–H and O–H groups in total. The zero-order chi connectivity index (χ0) is 14.4. The van der Waals surface area contributed by atoms with E-state index in [-0.39, 0.29) is 5.78 Å². The largest absolute Gasteiger partial charge is 0.289 e. The third-order valence-electron chi connectivity index (χ3n) is 2.83. The number of carbonyl (C=O) groups is 1. The Bertz CT molecular complexity index is 676. The molecule has 0 amide bonds. The van der Waals surface area contributed by atoms with Gasteiger partial charge in [0.25, 0.3) is 0 Å². The number of hydrogen-bond acceptors (Lipinski definition) is 3. The van der Waals surface area contributed by atoms with Gasteiger partial charge >= 0.3 is 0 Å². The molecular weight excluding hydrogens is 250 g/mol. The summed E-state index contributed by atoms with van der Waals surface area (Å²) in [5.74, 6) is -0.0417. The van der Waals surface area contributed by atoms with E-state index in [0.717, 1.165) is 11.1 Å². The molecule has 2 aromatic carbocycles. The zero-order valence-electron chi connectivity index (χ0n) is 11.0. The maximum absolute atomic E-state index is 11.9. The number of hydrogen-bond donors (Lipinski definition) is 0. The van der Waals surface area contributed by atoms with Crippen LogP contribution in [-0.4, -0.2) is 11.9 Å². The second-order valence-corrected chi connectivity index (χ2v) is 4.36. The second kappa shape index (κ2) is 6.41. The first-order valence-electron chi connectivity index (χ1n) is 6.16. The maximum Gasteiger partial charge on any atom is 0.240 e. The summed E-state index contributed by atoms with van der Waals surface area (Å²) in [5.41, 5.74) is 3.20. The van der Waals surface area contributed by atoms with Crippen molar-refractivity contribution in [2.75, 3.05) is 0 Å². The molecule has 0 bridgehead atoms. The van der Waals surface area contributed by atoms with Crippen LogP contribution in [0.25, 0.3) is 6.08 Å². The van der Waals surface area contributed by atoms with Gasteiger partial charge in [0.15, 0.2) is 5.78 Å². The van der Waals surface area contributed by atoms with Crippen LogP contribution in [-0.2, 0) is 4.79 Å². The Kier molecular flexibility index (Phi) is 4.38. The molecular formula is C17H13NO2. The Balaban J connectivity index is 2.10. The molecule has 3 nitrogen and oxygen atoms in total. The van der Waals surface area contributed by atoms with Crippen LogP contribution in [0.3, 0.4) is 0 Å². The van der Waals surface area contributed by atoms with Gasteiger partial charge in [0.2, 0.25) is 6.08 Å². The molecule has 0 radical (unpaired) electrons. The van der Waals surface area contributed by atoms with Crippen LogP contribution in [0.15, 0.2) is 59.6 Å². The quantitative estimate of drug-likeness (QED) is 0.364. The molecule has 0 aliphatic rings. The third kappa shape index (κ3) is 3.61. The molecule has 2 rings (SSSR count). The lowest BCUT2D eigenvalue weighted by Crippen LogP contribution is -1.93. The van der Waals surface area contributed by atoms with Gasteiger partial charge in [-0.3, -0.25) is 4.79 Å². The smallest absolute Gasteiger partial charge is 0.240 e. The van der Waals surface area contributed by atoms with Gasteiger partial charge in [-0.15, -0.1) is 0 Å². The highest BCUT2D eigenvalue weighted by Crippen LogP contribution is 2.13. The third-order valence-corrected chi connectivity index (χ3v) is 2.83. The molecule has 0 saturated heterocycles. The van der Waals surface area contributed by atoms with E-state index < -0.39 is 0 Å². The lowest BCUT2D eigenvalue weighted by atomic mass is 10.1. The molecule has 0 aliphatic heterocycles. The minimum Gasteiger partial charge on any atom is -0.289 e. The molecule has 3 heteroatoms. The van der Waals surface area contributed by atoms with Gasteiger partial charge in [-0.1, -0.05) is 48.0 Å². The van der Waals surface area contributed by atoms with Gasteiger partial charge in [-0.25, -0.2) is 4.79 Å². The minimum absolute atomic E-state index is 0.0417. The van der Waals surface area contributed by atoms with E-state index in [0.29, 0.717) is 11.3 Å². The number of carbonyl (C=O) groups excluding carboxylic acids is 2. The molecule has 0 spiro atoms. The van der Waals surface area contributed by atoms with Crippen molar-refractivity contribution in [1.29, 1.82) is 0 Å². The predicted molar refractivity (Wildman–Crippen MR) is 78.8 cm³/mol. The Morgan fingerprint density at radius 3 is 2.30 bits per heavy atom. The van der Waals surface area contributed by atoms with E-state index in [4.69, 9.17) is 0 Å². The second-order valence-electron chi connectivity index (χ2n) is 4.36. The highest BCUT2D eigenvalue weighted by atomic mass is 16.1. The van der Waals surface area contributed by atoms with E-state index in [9.17, 15) is 9.59 Å². The van der Waals surface area contributed by atoms with Crippen LogP contribution < -0.4 is 0 Å². The summed E-state index contributed by atoms with van der Waals surface area (Å²) < 4.78 is 0. The molecule has 0 aliphatic carbocycles. The van der Waals surface area contributed by atoms with E-state index in [1.807, 2.05) is 31.2 Å². The van der Waals surface area contributed by atoms with Crippen molar-refractivity contribution in [2.45, 2.75) is 6.92 Å². The molecule has 0 atom stereocenters. The van der Waals surface area contributed by atoms with Gasteiger partial charge in [-0.2, -0.15) is 4.99 Å². The summed E-state index contributed by atoms with van der Waals surface area (Å²) in [6, 6.07) is 14.4. The number of isocyanates is 1. The van der Waals surface area contributed by atoms with Gasteiger partial charge in [-0.05, 0) is 30.7 Å². The van der Waals surface area contributed by atoms with Crippen molar-refractivity contribution in [2.24, 2.45) is 4.99 Å². The summed E-state index contributed by atoms with van der Waals surface area (Å²) in [5, 5.41) is 0. The molecule has 0 heterocycles. The van der Waals surface area contributed by atoms with Crippen molar-refractivity contribution < 1.29 is 9.59 Å². The fourth-order valence-corrected chi connectivity index (χ4v) is 1.70. The summed E-state index contributed by atoms with van der Waals surface area (Å²) in [7, 11) is 0. The van der Waals surface area contributed by atoms with Crippen LogP contribution in [0.5, 0.6) is 0 Å².